The molecule has 1 heterocycles. The number of nitrogen functional groups attached to an aromatic ring is 2. The van der Waals surface area contributed by atoms with E-state index in [2.05, 4.69) is 10.3 Å². The van der Waals surface area contributed by atoms with E-state index >= 15 is 4.39 Å². The largest absolute Gasteiger partial charge is 0.396 e. The molecular formula is C26H23FN4O2. The number of nitrogens with one attached hydrogen (secondary N) is 1. The summed E-state index contributed by atoms with van der Waals surface area (Å²) in [7, 11) is 0. The number of amides is 1. The molecule has 0 aliphatic rings. The molecule has 4 rings (SSSR count). The van der Waals surface area contributed by atoms with E-state index in [1.165, 1.54) is 12.1 Å². The van der Waals surface area contributed by atoms with Gasteiger partial charge in [-0.25, -0.2) is 9.37 Å². The number of nitrogens with two attached hydrogens (primary N) is 2. The summed E-state index contributed by atoms with van der Waals surface area (Å²) in [6.45, 7) is 0.959. The van der Waals surface area contributed by atoms with Gasteiger partial charge in [0.2, 0.25) is 0 Å². The van der Waals surface area contributed by atoms with Gasteiger partial charge < -0.3 is 21.5 Å². The molecule has 1 aromatic heterocycles. The van der Waals surface area contributed by atoms with Crippen molar-refractivity contribution in [3.63, 3.8) is 0 Å². The van der Waals surface area contributed by atoms with Crippen molar-refractivity contribution < 1.29 is 13.9 Å². The summed E-state index contributed by atoms with van der Waals surface area (Å²) in [6, 6.07) is 24.8. The van der Waals surface area contributed by atoms with Gasteiger partial charge in [-0.15, -0.1) is 0 Å². The van der Waals surface area contributed by atoms with Gasteiger partial charge in [-0.1, -0.05) is 48.5 Å². The van der Waals surface area contributed by atoms with E-state index in [9.17, 15) is 4.79 Å². The zero-order valence-electron chi connectivity index (χ0n) is 17.8. The van der Waals surface area contributed by atoms with Crippen LogP contribution in [0, 0.1) is 5.82 Å². The number of nitrogens with zero attached hydrogens (tertiary/aromatic N) is 1. The van der Waals surface area contributed by atoms with Gasteiger partial charge in [0.15, 0.2) is 0 Å². The number of pyridine rings is 1. The Morgan fingerprint density at radius 3 is 2.24 bits per heavy atom. The first-order valence-electron chi connectivity index (χ1n) is 10.3. The summed E-state index contributed by atoms with van der Waals surface area (Å²) >= 11 is 0. The minimum atomic E-state index is -0.683. The average Bonchev–Trinajstić information content (AvgIpc) is 2.83. The van der Waals surface area contributed by atoms with Gasteiger partial charge in [0.1, 0.15) is 11.6 Å². The highest BCUT2D eigenvalue weighted by molar-refractivity contribution is 6.05. The Morgan fingerprint density at radius 1 is 0.848 bits per heavy atom. The summed E-state index contributed by atoms with van der Waals surface area (Å²) in [4.78, 5) is 16.8. The number of benzene rings is 3. The number of hydrogen-bond acceptors (Lipinski definition) is 5. The van der Waals surface area contributed by atoms with Gasteiger partial charge in [-0.05, 0) is 47.5 Å². The Morgan fingerprint density at radius 2 is 1.55 bits per heavy atom. The van der Waals surface area contributed by atoms with Crippen molar-refractivity contribution in [3.05, 3.63) is 107 Å². The SMILES string of the molecule is Nc1ccc(-c2cccc(C(=O)Nc3ccc(COCc4ccccc4)cc3)c2F)nc1N. The maximum absolute atomic E-state index is 15.1. The molecule has 0 spiro atoms. The molecule has 33 heavy (non-hydrogen) atoms. The monoisotopic (exact) mass is 442 g/mol. The maximum Gasteiger partial charge on any atom is 0.258 e. The van der Waals surface area contributed by atoms with Crippen LogP contribution in [0.4, 0.5) is 21.6 Å². The summed E-state index contributed by atoms with van der Waals surface area (Å²) in [5, 5.41) is 2.72. The number of hydrogen-bond donors (Lipinski definition) is 3. The molecule has 0 aliphatic heterocycles. The summed E-state index contributed by atoms with van der Waals surface area (Å²) in [5.74, 6) is -1.14. The first kappa shape index (κ1) is 22.0. The molecule has 0 bridgehead atoms. The Hall–Kier alpha value is -4.23. The van der Waals surface area contributed by atoms with Crippen molar-refractivity contribution in [1.82, 2.24) is 4.98 Å². The van der Waals surface area contributed by atoms with E-state index in [1.54, 1.807) is 30.3 Å². The quantitative estimate of drug-likeness (QED) is 0.373. The lowest BCUT2D eigenvalue weighted by molar-refractivity contribution is 0.102. The molecule has 0 fully saturated rings. The number of rotatable bonds is 7. The normalized spacial score (nSPS) is 10.7. The van der Waals surface area contributed by atoms with Crippen molar-refractivity contribution in [2.45, 2.75) is 13.2 Å². The van der Waals surface area contributed by atoms with Crippen LogP contribution in [0.1, 0.15) is 21.5 Å². The molecule has 5 N–H and O–H groups in total. The predicted octanol–water partition coefficient (Wildman–Crippen LogP) is 5.02. The lowest BCUT2D eigenvalue weighted by atomic mass is 10.1. The first-order chi connectivity index (χ1) is 16.0. The first-order valence-corrected chi connectivity index (χ1v) is 10.3. The molecule has 0 saturated carbocycles. The Bertz CT molecular complexity index is 1260. The molecule has 3 aromatic carbocycles. The van der Waals surface area contributed by atoms with Crippen LogP contribution in [0.2, 0.25) is 0 Å². The lowest BCUT2D eigenvalue weighted by Gasteiger charge is -2.11. The Kier molecular flexibility index (Phi) is 6.61. The second kappa shape index (κ2) is 9.93. The maximum atomic E-state index is 15.1. The van der Waals surface area contributed by atoms with E-state index < -0.39 is 11.7 Å². The number of carbonyl (C=O) groups excluding carboxylic acids is 1. The van der Waals surface area contributed by atoms with Crippen molar-refractivity contribution in [3.8, 4) is 11.3 Å². The van der Waals surface area contributed by atoms with Gasteiger partial charge in [-0.3, -0.25) is 4.79 Å². The van der Waals surface area contributed by atoms with E-state index in [0.29, 0.717) is 30.3 Å². The van der Waals surface area contributed by atoms with Crippen LogP contribution in [0.5, 0.6) is 0 Å². The molecule has 7 heteroatoms. The van der Waals surface area contributed by atoms with E-state index in [0.717, 1.165) is 11.1 Å². The molecule has 0 unspecified atom stereocenters. The smallest absolute Gasteiger partial charge is 0.258 e. The molecule has 0 saturated heterocycles. The van der Waals surface area contributed by atoms with Gasteiger partial charge in [0, 0.05) is 11.3 Å². The fraction of sp³-hybridized carbons (Fsp3) is 0.0769. The molecule has 4 aromatic rings. The van der Waals surface area contributed by atoms with Crippen LogP contribution >= 0.6 is 0 Å². The second-order valence-corrected chi connectivity index (χ2v) is 7.47. The van der Waals surface area contributed by atoms with Crippen LogP contribution in [0.3, 0.4) is 0 Å². The Balaban J connectivity index is 1.41. The topological polar surface area (TPSA) is 103 Å². The second-order valence-electron chi connectivity index (χ2n) is 7.47. The molecule has 0 aliphatic carbocycles. The molecule has 166 valence electrons. The Labute approximate surface area is 191 Å². The molecule has 0 atom stereocenters. The predicted molar refractivity (Wildman–Crippen MR) is 128 cm³/mol. The number of aromatic nitrogens is 1. The van der Waals surface area contributed by atoms with Crippen molar-refractivity contribution in [1.29, 1.82) is 0 Å². The highest BCUT2D eigenvalue weighted by atomic mass is 19.1. The molecule has 1 amide bonds. The van der Waals surface area contributed by atoms with Crippen LogP contribution < -0.4 is 16.8 Å². The zero-order valence-corrected chi connectivity index (χ0v) is 17.8. The molecule has 6 nitrogen and oxygen atoms in total. The van der Waals surface area contributed by atoms with Gasteiger partial charge in [0.05, 0.1) is 30.2 Å². The number of halogens is 1. The summed E-state index contributed by atoms with van der Waals surface area (Å²) < 4.78 is 20.8. The standard InChI is InChI=1S/C26H23FN4O2/c27-24-20(23-14-13-22(28)25(29)31-23)7-4-8-21(24)26(32)30-19-11-9-18(10-12-19)16-33-15-17-5-2-1-3-6-17/h1-14H,15-16,28H2,(H2,29,31)(H,30,32). The average molecular weight is 442 g/mol. The summed E-state index contributed by atoms with van der Waals surface area (Å²) in [6.07, 6.45) is 0. The van der Waals surface area contributed by atoms with Crippen LogP contribution in [0.25, 0.3) is 11.3 Å². The van der Waals surface area contributed by atoms with E-state index in [1.807, 2.05) is 42.5 Å². The van der Waals surface area contributed by atoms with Gasteiger partial charge >= 0.3 is 0 Å². The van der Waals surface area contributed by atoms with Crippen LogP contribution in [0.15, 0.2) is 84.9 Å². The minimum absolute atomic E-state index is 0.0973. The fourth-order valence-electron chi connectivity index (χ4n) is 3.28. The highest BCUT2D eigenvalue weighted by Gasteiger charge is 2.17. The zero-order chi connectivity index (χ0) is 23.2. The lowest BCUT2D eigenvalue weighted by Crippen LogP contribution is -2.14. The number of carbonyl (C=O) groups is 1. The third-order valence-corrected chi connectivity index (χ3v) is 5.07. The van der Waals surface area contributed by atoms with Gasteiger partial charge in [-0.2, -0.15) is 0 Å². The third kappa shape index (κ3) is 5.34. The number of ether oxygens (including phenoxy) is 1. The minimum Gasteiger partial charge on any atom is -0.396 e. The number of anilines is 3. The fourth-order valence-corrected chi connectivity index (χ4v) is 3.28. The van der Waals surface area contributed by atoms with E-state index in [4.69, 9.17) is 16.2 Å². The van der Waals surface area contributed by atoms with Gasteiger partial charge in [0.25, 0.3) is 5.91 Å². The van der Waals surface area contributed by atoms with E-state index in [-0.39, 0.29) is 16.9 Å². The molecular weight excluding hydrogens is 419 g/mol. The van der Waals surface area contributed by atoms with Crippen LogP contribution in [-0.2, 0) is 18.0 Å². The van der Waals surface area contributed by atoms with Crippen molar-refractivity contribution >= 4 is 23.1 Å². The van der Waals surface area contributed by atoms with Crippen LogP contribution in [-0.4, -0.2) is 10.9 Å². The highest BCUT2D eigenvalue weighted by Crippen LogP contribution is 2.26. The molecule has 0 radical (unpaired) electrons. The summed E-state index contributed by atoms with van der Waals surface area (Å²) in [5.41, 5.74) is 14.7. The third-order valence-electron chi connectivity index (χ3n) is 5.07. The van der Waals surface area contributed by atoms with Crippen molar-refractivity contribution in [2.24, 2.45) is 0 Å². The van der Waals surface area contributed by atoms with Crippen molar-refractivity contribution in [2.75, 3.05) is 16.8 Å².